The Morgan fingerprint density at radius 2 is 1.74 bits per heavy atom. The first kappa shape index (κ1) is 19.7. The molecule has 2 aromatic carbocycles. The highest BCUT2D eigenvalue weighted by Gasteiger charge is 2.30. The minimum atomic E-state index is -3.93. The fourth-order valence-corrected chi connectivity index (χ4v) is 4.52. The normalized spacial score (nSPS) is 14.8. The van der Waals surface area contributed by atoms with Crippen LogP contribution < -0.4 is 4.31 Å². The van der Waals surface area contributed by atoms with E-state index in [1.165, 1.54) is 28.6 Å². The number of rotatable bonds is 5. The predicted molar refractivity (Wildman–Crippen MR) is 105 cm³/mol. The van der Waals surface area contributed by atoms with Gasteiger partial charge in [0.25, 0.3) is 10.0 Å². The number of sulfonamides is 1. The Kier molecular flexibility index (Phi) is 6.04. The van der Waals surface area contributed by atoms with Gasteiger partial charge in [0.1, 0.15) is 6.54 Å². The summed E-state index contributed by atoms with van der Waals surface area (Å²) in [6, 6.07) is 13.0. The molecule has 0 aromatic heterocycles. The monoisotopic (exact) mass is 408 g/mol. The summed E-state index contributed by atoms with van der Waals surface area (Å²) in [6.45, 7) is 3.39. The third-order valence-corrected chi connectivity index (χ3v) is 6.45. The number of anilines is 1. The summed E-state index contributed by atoms with van der Waals surface area (Å²) in [5.41, 5.74) is 1.25. The van der Waals surface area contributed by atoms with Crippen LogP contribution >= 0.6 is 11.6 Å². The molecule has 3 rings (SSSR count). The molecule has 2 aromatic rings. The number of hydrogen-bond acceptors (Lipinski definition) is 4. The zero-order chi connectivity index (χ0) is 19.4. The summed E-state index contributed by atoms with van der Waals surface area (Å²) in [4.78, 5) is 14.5. The van der Waals surface area contributed by atoms with Crippen LogP contribution in [0.1, 0.15) is 5.56 Å². The van der Waals surface area contributed by atoms with Gasteiger partial charge in [-0.2, -0.15) is 0 Å². The molecule has 0 atom stereocenters. The van der Waals surface area contributed by atoms with Gasteiger partial charge in [0, 0.05) is 18.1 Å². The fourth-order valence-electron chi connectivity index (χ4n) is 2.91. The molecule has 1 aliphatic heterocycles. The molecule has 0 N–H and O–H groups in total. The number of nitrogens with zero attached hydrogens (tertiary/aromatic N) is 2. The van der Waals surface area contributed by atoms with Gasteiger partial charge < -0.3 is 9.64 Å². The number of ether oxygens (including phenoxy) is 1. The number of aryl methyl sites for hydroxylation is 1. The van der Waals surface area contributed by atoms with E-state index in [0.29, 0.717) is 37.0 Å². The number of carbonyl (C=O) groups excluding carboxylic acids is 1. The van der Waals surface area contributed by atoms with E-state index in [1.807, 2.05) is 19.1 Å². The first-order valence-electron chi connectivity index (χ1n) is 8.59. The molecule has 0 unspecified atom stereocenters. The van der Waals surface area contributed by atoms with Crippen molar-refractivity contribution in [3.63, 3.8) is 0 Å². The topological polar surface area (TPSA) is 66.9 Å². The van der Waals surface area contributed by atoms with Crippen LogP contribution in [0.5, 0.6) is 0 Å². The van der Waals surface area contributed by atoms with Crippen molar-refractivity contribution in [2.24, 2.45) is 0 Å². The second kappa shape index (κ2) is 8.29. The third kappa shape index (κ3) is 4.43. The second-order valence-corrected chi connectivity index (χ2v) is 8.54. The zero-order valence-electron chi connectivity index (χ0n) is 15.0. The lowest BCUT2D eigenvalue weighted by Gasteiger charge is -2.31. The number of carbonyl (C=O) groups is 1. The maximum atomic E-state index is 13.3. The Hall–Kier alpha value is -2.09. The smallest absolute Gasteiger partial charge is 0.264 e. The quantitative estimate of drug-likeness (QED) is 0.762. The Labute approximate surface area is 164 Å². The number of halogens is 1. The fraction of sp³-hybridized carbons (Fsp3) is 0.316. The number of para-hydroxylation sites is 1. The molecule has 1 amide bonds. The van der Waals surface area contributed by atoms with Crippen LogP contribution in [-0.2, 0) is 19.6 Å². The summed E-state index contributed by atoms with van der Waals surface area (Å²) in [5, 5.41) is 0.445. The van der Waals surface area contributed by atoms with E-state index in [9.17, 15) is 13.2 Å². The minimum Gasteiger partial charge on any atom is -0.378 e. The summed E-state index contributed by atoms with van der Waals surface area (Å²) in [7, 11) is -3.93. The zero-order valence-corrected chi connectivity index (χ0v) is 16.5. The molecule has 144 valence electrons. The molecule has 0 saturated carbocycles. The van der Waals surface area contributed by atoms with Gasteiger partial charge in [-0.3, -0.25) is 9.10 Å². The average Bonchev–Trinajstić information content (AvgIpc) is 2.67. The Morgan fingerprint density at radius 3 is 2.37 bits per heavy atom. The molecular formula is C19H21ClN2O4S. The molecule has 0 aliphatic carbocycles. The van der Waals surface area contributed by atoms with Crippen molar-refractivity contribution in [1.29, 1.82) is 0 Å². The van der Waals surface area contributed by atoms with Gasteiger partial charge in [-0.05, 0) is 42.8 Å². The number of amides is 1. The average molecular weight is 409 g/mol. The van der Waals surface area contributed by atoms with Gasteiger partial charge in [0.05, 0.1) is 23.8 Å². The highest BCUT2D eigenvalue weighted by molar-refractivity contribution is 7.92. The number of hydrogen-bond donors (Lipinski definition) is 0. The first-order chi connectivity index (χ1) is 12.9. The molecule has 0 bridgehead atoms. The van der Waals surface area contributed by atoms with Crippen molar-refractivity contribution in [3.8, 4) is 0 Å². The van der Waals surface area contributed by atoms with Crippen LogP contribution in [0.2, 0.25) is 5.02 Å². The van der Waals surface area contributed by atoms with Crippen LogP contribution in [-0.4, -0.2) is 52.1 Å². The maximum absolute atomic E-state index is 13.3. The SMILES string of the molecule is Cc1ccccc1N(CC(=O)N1CCOCC1)S(=O)(=O)c1ccc(Cl)cc1. The second-order valence-electron chi connectivity index (χ2n) is 6.25. The molecule has 1 aliphatic rings. The van der Waals surface area contributed by atoms with Gasteiger partial charge >= 0.3 is 0 Å². The van der Waals surface area contributed by atoms with E-state index >= 15 is 0 Å². The first-order valence-corrected chi connectivity index (χ1v) is 10.4. The predicted octanol–water partition coefficient (Wildman–Crippen LogP) is 2.70. The molecule has 6 nitrogen and oxygen atoms in total. The highest BCUT2D eigenvalue weighted by atomic mass is 35.5. The van der Waals surface area contributed by atoms with E-state index in [2.05, 4.69) is 0 Å². The summed E-state index contributed by atoms with van der Waals surface area (Å²) >= 11 is 5.89. The van der Waals surface area contributed by atoms with E-state index in [-0.39, 0.29) is 17.3 Å². The van der Waals surface area contributed by atoms with Gasteiger partial charge in [-0.1, -0.05) is 29.8 Å². The van der Waals surface area contributed by atoms with Crippen molar-refractivity contribution < 1.29 is 17.9 Å². The maximum Gasteiger partial charge on any atom is 0.264 e. The standard InChI is InChI=1S/C19H21ClN2O4S/c1-15-4-2-3-5-18(15)22(14-19(23)21-10-12-26-13-11-21)27(24,25)17-8-6-16(20)7-9-17/h2-9H,10-14H2,1H3. The van der Waals surface area contributed by atoms with Gasteiger partial charge in [-0.25, -0.2) is 8.42 Å². The molecule has 0 spiro atoms. The number of morpholine rings is 1. The Balaban J connectivity index is 1.98. The summed E-state index contributed by atoms with van der Waals surface area (Å²) < 4.78 is 33.0. The molecule has 1 heterocycles. The van der Waals surface area contributed by atoms with Crippen molar-refractivity contribution in [3.05, 3.63) is 59.1 Å². The molecule has 1 saturated heterocycles. The van der Waals surface area contributed by atoms with E-state index in [4.69, 9.17) is 16.3 Å². The lowest BCUT2D eigenvalue weighted by Crippen LogP contribution is -2.47. The molecular weight excluding hydrogens is 388 g/mol. The van der Waals surface area contributed by atoms with Crippen molar-refractivity contribution in [2.75, 3.05) is 37.2 Å². The van der Waals surface area contributed by atoms with Crippen LogP contribution in [0.3, 0.4) is 0 Å². The molecule has 1 fully saturated rings. The van der Waals surface area contributed by atoms with Gasteiger partial charge in [-0.15, -0.1) is 0 Å². The van der Waals surface area contributed by atoms with Crippen LogP contribution in [0.15, 0.2) is 53.4 Å². The summed E-state index contributed by atoms with van der Waals surface area (Å²) in [5.74, 6) is -0.251. The lowest BCUT2D eigenvalue weighted by atomic mass is 10.2. The van der Waals surface area contributed by atoms with Crippen molar-refractivity contribution in [2.45, 2.75) is 11.8 Å². The third-order valence-electron chi connectivity index (χ3n) is 4.43. The van der Waals surface area contributed by atoms with Crippen LogP contribution in [0, 0.1) is 6.92 Å². The van der Waals surface area contributed by atoms with E-state index < -0.39 is 10.0 Å². The van der Waals surface area contributed by atoms with E-state index in [0.717, 1.165) is 5.56 Å². The molecule has 8 heteroatoms. The van der Waals surface area contributed by atoms with E-state index in [1.54, 1.807) is 17.0 Å². The number of benzene rings is 2. The van der Waals surface area contributed by atoms with Crippen molar-refractivity contribution in [1.82, 2.24) is 4.90 Å². The van der Waals surface area contributed by atoms with Crippen LogP contribution in [0.25, 0.3) is 0 Å². The van der Waals surface area contributed by atoms with Crippen molar-refractivity contribution >= 4 is 33.2 Å². The minimum absolute atomic E-state index is 0.0879. The molecule has 0 radical (unpaired) electrons. The molecule has 27 heavy (non-hydrogen) atoms. The Bertz CT molecular complexity index is 910. The highest BCUT2D eigenvalue weighted by Crippen LogP contribution is 2.27. The summed E-state index contributed by atoms with van der Waals surface area (Å²) in [6.07, 6.45) is 0. The van der Waals surface area contributed by atoms with Crippen LogP contribution in [0.4, 0.5) is 5.69 Å². The van der Waals surface area contributed by atoms with Gasteiger partial charge in [0.15, 0.2) is 0 Å². The lowest BCUT2D eigenvalue weighted by molar-refractivity contribution is -0.133. The van der Waals surface area contributed by atoms with Gasteiger partial charge in [0.2, 0.25) is 5.91 Å². The Morgan fingerprint density at radius 1 is 1.11 bits per heavy atom. The largest absolute Gasteiger partial charge is 0.378 e.